The standard InChI is InChI=1S/C31H35NO8/c1-7-39-30(34)24-17(3)32-21-16-20(18-12-9-10-14-22(18)36-4)26(31(35)40-8-2)28(33)27(21)25(24)19-13-11-15-23(37-5)29(19)38-6/h9-15,20,25-27H,7-8,16H2,1-6H3/t20-,25+,26-,27?/m0/s1. The molecule has 212 valence electrons. The first kappa shape index (κ1) is 28.9. The molecule has 1 fully saturated rings. The van der Waals surface area contributed by atoms with Crippen LogP contribution in [0.3, 0.4) is 0 Å². The fourth-order valence-corrected chi connectivity index (χ4v) is 5.92. The lowest BCUT2D eigenvalue weighted by Gasteiger charge is -2.41. The number of carbonyl (C=O) groups is 3. The van der Waals surface area contributed by atoms with Crippen LogP contribution < -0.4 is 14.2 Å². The minimum atomic E-state index is -1.14. The average Bonchev–Trinajstić information content (AvgIpc) is 2.95. The second kappa shape index (κ2) is 12.4. The van der Waals surface area contributed by atoms with E-state index in [4.69, 9.17) is 28.7 Å². The number of rotatable bonds is 9. The molecule has 9 nitrogen and oxygen atoms in total. The highest BCUT2D eigenvalue weighted by Crippen LogP contribution is 2.52. The summed E-state index contributed by atoms with van der Waals surface area (Å²) in [5.74, 6) is -3.64. The molecular formula is C31H35NO8. The van der Waals surface area contributed by atoms with Crippen molar-refractivity contribution in [2.45, 2.75) is 39.0 Å². The fraction of sp³-hybridized carbons (Fsp3) is 0.419. The van der Waals surface area contributed by atoms with E-state index >= 15 is 0 Å². The quantitative estimate of drug-likeness (QED) is 0.329. The highest BCUT2D eigenvalue weighted by molar-refractivity contribution is 6.18. The first-order valence-electron chi connectivity index (χ1n) is 13.3. The lowest BCUT2D eigenvalue weighted by Crippen LogP contribution is -2.49. The van der Waals surface area contributed by atoms with Gasteiger partial charge in [-0.15, -0.1) is 0 Å². The highest BCUT2D eigenvalue weighted by atomic mass is 16.5. The number of aliphatic imine (C=N–C) groups is 1. The van der Waals surface area contributed by atoms with Crippen LogP contribution >= 0.6 is 0 Å². The first-order valence-corrected chi connectivity index (χ1v) is 13.3. The number of hydrogen-bond donors (Lipinski definition) is 0. The van der Waals surface area contributed by atoms with Gasteiger partial charge in [0.2, 0.25) is 0 Å². The number of ketones is 1. The number of benzene rings is 2. The molecule has 0 spiro atoms. The second-order valence-electron chi connectivity index (χ2n) is 9.55. The molecule has 1 heterocycles. The van der Waals surface area contributed by atoms with Crippen LogP contribution in [0.4, 0.5) is 0 Å². The predicted molar refractivity (Wildman–Crippen MR) is 148 cm³/mol. The molecule has 9 heteroatoms. The monoisotopic (exact) mass is 549 g/mol. The van der Waals surface area contributed by atoms with Gasteiger partial charge >= 0.3 is 11.9 Å². The molecule has 1 aliphatic heterocycles. The molecule has 2 aromatic rings. The molecular weight excluding hydrogens is 514 g/mol. The van der Waals surface area contributed by atoms with Crippen molar-refractivity contribution >= 4 is 23.4 Å². The summed E-state index contributed by atoms with van der Waals surface area (Å²) in [7, 11) is 4.57. The normalized spacial score (nSPS) is 22.1. The lowest BCUT2D eigenvalue weighted by atomic mass is 9.62. The molecule has 2 aliphatic rings. The Morgan fingerprint density at radius 2 is 1.50 bits per heavy atom. The highest BCUT2D eigenvalue weighted by Gasteiger charge is 2.54. The van der Waals surface area contributed by atoms with Gasteiger partial charge in [-0.25, -0.2) is 4.79 Å². The minimum Gasteiger partial charge on any atom is -0.496 e. The number of hydrogen-bond acceptors (Lipinski definition) is 9. The number of esters is 2. The zero-order valence-corrected chi connectivity index (χ0v) is 23.7. The number of fused-ring (bicyclic) bond motifs is 1. The van der Waals surface area contributed by atoms with Gasteiger partial charge in [-0.2, -0.15) is 0 Å². The van der Waals surface area contributed by atoms with Crippen molar-refractivity contribution in [3.63, 3.8) is 0 Å². The van der Waals surface area contributed by atoms with Gasteiger partial charge in [0.05, 0.1) is 46.0 Å². The zero-order valence-electron chi connectivity index (χ0n) is 23.7. The molecule has 1 unspecified atom stereocenters. The summed E-state index contributed by atoms with van der Waals surface area (Å²) in [4.78, 5) is 46.2. The molecule has 0 aromatic heterocycles. The van der Waals surface area contributed by atoms with Crippen LogP contribution in [0.5, 0.6) is 17.2 Å². The summed E-state index contributed by atoms with van der Waals surface area (Å²) in [6, 6.07) is 12.6. The van der Waals surface area contributed by atoms with Gasteiger partial charge in [0.25, 0.3) is 0 Å². The van der Waals surface area contributed by atoms with Crippen LogP contribution in [0.2, 0.25) is 0 Å². The molecule has 1 aliphatic carbocycles. The molecule has 4 atom stereocenters. The van der Waals surface area contributed by atoms with Crippen molar-refractivity contribution < 1.29 is 38.1 Å². The van der Waals surface area contributed by atoms with Crippen LogP contribution in [0.25, 0.3) is 0 Å². The molecule has 4 rings (SSSR count). The van der Waals surface area contributed by atoms with Gasteiger partial charge in [-0.05, 0) is 44.9 Å². The smallest absolute Gasteiger partial charge is 0.336 e. The van der Waals surface area contributed by atoms with Crippen LogP contribution in [-0.4, -0.2) is 58.0 Å². The number of allylic oxidation sites excluding steroid dienone is 1. The number of methoxy groups -OCH3 is 3. The molecule has 40 heavy (non-hydrogen) atoms. The van der Waals surface area contributed by atoms with Crippen LogP contribution in [0.1, 0.15) is 50.2 Å². The van der Waals surface area contributed by atoms with Crippen molar-refractivity contribution in [1.82, 2.24) is 0 Å². The SMILES string of the molecule is CCOC(=O)C1=C(C)N=C2C[C@@H](c3ccccc3OC)[C@H](C(=O)OCC)C(=O)C2[C@@H]1c1cccc(OC)c1OC. The van der Waals surface area contributed by atoms with Crippen molar-refractivity contribution in [3.8, 4) is 17.2 Å². The Balaban J connectivity index is 1.97. The Bertz CT molecular complexity index is 1360. The van der Waals surface area contributed by atoms with E-state index in [1.807, 2.05) is 18.2 Å². The van der Waals surface area contributed by atoms with Gasteiger partial charge in [0.1, 0.15) is 11.7 Å². The number of ether oxygens (including phenoxy) is 5. The van der Waals surface area contributed by atoms with E-state index in [0.717, 1.165) is 0 Å². The molecule has 0 amide bonds. The summed E-state index contributed by atoms with van der Waals surface area (Å²) in [5.41, 5.74) is 2.54. The molecule has 0 N–H and O–H groups in total. The molecule has 0 radical (unpaired) electrons. The number of carbonyl (C=O) groups excluding carboxylic acids is 3. The van der Waals surface area contributed by atoms with Crippen LogP contribution in [0, 0.1) is 11.8 Å². The van der Waals surface area contributed by atoms with E-state index < -0.39 is 35.6 Å². The van der Waals surface area contributed by atoms with Gasteiger partial charge in [-0.3, -0.25) is 14.6 Å². The van der Waals surface area contributed by atoms with E-state index in [9.17, 15) is 14.4 Å². The fourth-order valence-electron chi connectivity index (χ4n) is 5.92. The van der Waals surface area contributed by atoms with Gasteiger partial charge in [0, 0.05) is 28.8 Å². The maximum Gasteiger partial charge on any atom is 0.336 e. The Hall–Kier alpha value is -4.14. The Morgan fingerprint density at radius 1 is 0.850 bits per heavy atom. The van der Waals surface area contributed by atoms with Gasteiger partial charge in [-0.1, -0.05) is 30.3 Å². The third-order valence-electron chi connectivity index (χ3n) is 7.49. The van der Waals surface area contributed by atoms with E-state index in [0.29, 0.717) is 39.8 Å². The first-order chi connectivity index (χ1) is 19.3. The average molecular weight is 550 g/mol. The molecule has 2 aromatic carbocycles. The van der Waals surface area contributed by atoms with Crippen molar-refractivity contribution in [3.05, 3.63) is 64.9 Å². The maximum atomic E-state index is 14.6. The Labute approximate surface area is 234 Å². The van der Waals surface area contributed by atoms with Crippen LogP contribution in [0.15, 0.2) is 58.7 Å². The van der Waals surface area contributed by atoms with E-state index in [1.165, 1.54) is 14.2 Å². The maximum absolute atomic E-state index is 14.6. The summed E-state index contributed by atoms with van der Waals surface area (Å²) < 4.78 is 27.7. The lowest BCUT2D eigenvalue weighted by molar-refractivity contribution is -0.153. The summed E-state index contributed by atoms with van der Waals surface area (Å²) in [5, 5.41) is 0. The van der Waals surface area contributed by atoms with E-state index in [-0.39, 0.29) is 31.0 Å². The Kier molecular flexibility index (Phi) is 8.92. The van der Waals surface area contributed by atoms with Crippen molar-refractivity contribution in [2.75, 3.05) is 34.5 Å². The molecule has 0 bridgehead atoms. The topological polar surface area (TPSA) is 110 Å². The van der Waals surface area contributed by atoms with E-state index in [1.54, 1.807) is 52.1 Å². The summed E-state index contributed by atoms with van der Waals surface area (Å²) >= 11 is 0. The number of Topliss-reactive ketones (excluding diaryl/α,β-unsaturated/α-hetero) is 1. The third kappa shape index (κ3) is 5.08. The number of para-hydroxylation sites is 2. The predicted octanol–water partition coefficient (Wildman–Crippen LogP) is 4.64. The van der Waals surface area contributed by atoms with Crippen molar-refractivity contribution in [2.24, 2.45) is 16.8 Å². The zero-order chi connectivity index (χ0) is 29.0. The van der Waals surface area contributed by atoms with Gasteiger partial charge in [0.15, 0.2) is 17.3 Å². The molecule has 0 saturated heterocycles. The largest absolute Gasteiger partial charge is 0.496 e. The van der Waals surface area contributed by atoms with E-state index in [2.05, 4.69) is 0 Å². The van der Waals surface area contributed by atoms with Crippen LogP contribution in [-0.2, 0) is 23.9 Å². The summed E-state index contributed by atoms with van der Waals surface area (Å²) in [6.07, 6.45) is 0.288. The minimum absolute atomic E-state index is 0.118. The third-order valence-corrected chi connectivity index (χ3v) is 7.49. The van der Waals surface area contributed by atoms with Crippen molar-refractivity contribution in [1.29, 1.82) is 0 Å². The second-order valence-corrected chi connectivity index (χ2v) is 9.55. The molecule has 1 saturated carbocycles. The van der Waals surface area contributed by atoms with Gasteiger partial charge < -0.3 is 23.7 Å². The number of nitrogens with zero attached hydrogens (tertiary/aromatic N) is 1. The Morgan fingerprint density at radius 3 is 2.15 bits per heavy atom. The summed E-state index contributed by atoms with van der Waals surface area (Å²) in [6.45, 7) is 5.41.